The molecule has 0 aromatic heterocycles. The Labute approximate surface area is 109 Å². The summed E-state index contributed by atoms with van der Waals surface area (Å²) in [6.07, 6.45) is 1.18. The number of aliphatic carboxylic acids is 1. The van der Waals surface area contributed by atoms with Crippen molar-refractivity contribution in [3.8, 4) is 11.5 Å². The highest BCUT2D eigenvalue weighted by atomic mass is 16.7. The molecule has 1 heterocycles. The van der Waals surface area contributed by atoms with Gasteiger partial charge in [-0.1, -0.05) is 0 Å². The zero-order chi connectivity index (χ0) is 13.4. The second-order valence-corrected chi connectivity index (χ2v) is 4.69. The number of carbonyl (C=O) groups is 2. The first-order valence-corrected chi connectivity index (χ1v) is 6.08. The van der Waals surface area contributed by atoms with Gasteiger partial charge in [-0.05, 0) is 25.0 Å². The average molecular weight is 263 g/mol. The summed E-state index contributed by atoms with van der Waals surface area (Å²) >= 11 is 0. The molecular weight excluding hydrogens is 250 g/mol. The molecule has 2 unspecified atom stereocenters. The largest absolute Gasteiger partial charge is 0.481 e. The first-order valence-electron chi connectivity index (χ1n) is 6.08. The Bertz CT molecular complexity index is 542. The van der Waals surface area contributed by atoms with E-state index in [1.54, 1.807) is 18.2 Å². The zero-order valence-corrected chi connectivity index (χ0v) is 10.1. The summed E-state index contributed by atoms with van der Waals surface area (Å²) in [5.74, 6) is -0.933. The van der Waals surface area contributed by atoms with E-state index in [0.717, 1.165) is 0 Å². The number of ether oxygens (including phenoxy) is 2. The summed E-state index contributed by atoms with van der Waals surface area (Å²) < 4.78 is 10.4. The first-order chi connectivity index (χ1) is 9.15. The van der Waals surface area contributed by atoms with Gasteiger partial charge < -0.3 is 19.9 Å². The van der Waals surface area contributed by atoms with Gasteiger partial charge >= 0.3 is 5.97 Å². The summed E-state index contributed by atoms with van der Waals surface area (Å²) in [6, 6.07) is 5.10. The van der Waals surface area contributed by atoms with Crippen molar-refractivity contribution in [1.29, 1.82) is 0 Å². The molecule has 1 saturated carbocycles. The Kier molecular flexibility index (Phi) is 2.77. The Morgan fingerprint density at radius 3 is 2.58 bits per heavy atom. The SMILES string of the molecule is O=C(O)C1CCC1C(=O)Nc1ccc2c(c1)OCO2. The number of nitrogens with one attached hydrogen (secondary N) is 1. The van der Waals surface area contributed by atoms with Crippen LogP contribution in [-0.4, -0.2) is 23.8 Å². The maximum Gasteiger partial charge on any atom is 0.307 e. The Balaban J connectivity index is 1.68. The minimum atomic E-state index is -0.905. The molecule has 6 nitrogen and oxygen atoms in total. The fourth-order valence-corrected chi connectivity index (χ4v) is 2.32. The standard InChI is InChI=1S/C13H13NO5/c15-12(8-2-3-9(8)13(16)17)14-7-1-4-10-11(5-7)19-6-18-10/h1,4-5,8-9H,2-3,6H2,(H,14,15)(H,16,17). The van der Waals surface area contributed by atoms with E-state index in [-0.39, 0.29) is 12.7 Å². The molecule has 0 saturated heterocycles. The van der Waals surface area contributed by atoms with Crippen molar-refractivity contribution >= 4 is 17.6 Å². The number of hydrogen-bond acceptors (Lipinski definition) is 4. The Morgan fingerprint density at radius 2 is 1.89 bits per heavy atom. The monoisotopic (exact) mass is 263 g/mol. The molecule has 100 valence electrons. The molecule has 0 bridgehead atoms. The van der Waals surface area contributed by atoms with Crippen molar-refractivity contribution in [2.75, 3.05) is 12.1 Å². The highest BCUT2D eigenvalue weighted by molar-refractivity contribution is 5.96. The highest BCUT2D eigenvalue weighted by Gasteiger charge is 2.41. The minimum absolute atomic E-state index is 0.177. The minimum Gasteiger partial charge on any atom is -0.481 e. The number of benzene rings is 1. The fourth-order valence-electron chi connectivity index (χ4n) is 2.32. The molecule has 3 rings (SSSR count). The number of carbonyl (C=O) groups excluding carboxylic acids is 1. The van der Waals surface area contributed by atoms with Crippen LogP contribution in [0.5, 0.6) is 11.5 Å². The molecule has 2 aliphatic rings. The van der Waals surface area contributed by atoms with E-state index >= 15 is 0 Å². The van der Waals surface area contributed by atoms with E-state index in [2.05, 4.69) is 5.32 Å². The number of rotatable bonds is 3. The number of anilines is 1. The molecule has 6 heteroatoms. The van der Waals surface area contributed by atoms with Gasteiger partial charge in [0.15, 0.2) is 11.5 Å². The number of fused-ring (bicyclic) bond motifs is 1. The van der Waals surface area contributed by atoms with E-state index in [0.29, 0.717) is 30.0 Å². The maximum atomic E-state index is 12.0. The van der Waals surface area contributed by atoms with Crippen LogP contribution in [0.2, 0.25) is 0 Å². The van der Waals surface area contributed by atoms with Crippen LogP contribution >= 0.6 is 0 Å². The number of hydrogen-bond donors (Lipinski definition) is 2. The van der Waals surface area contributed by atoms with Crippen molar-refractivity contribution in [3.05, 3.63) is 18.2 Å². The van der Waals surface area contributed by atoms with Crippen LogP contribution in [0.15, 0.2) is 18.2 Å². The first kappa shape index (κ1) is 11.8. The van der Waals surface area contributed by atoms with Crippen LogP contribution in [0.25, 0.3) is 0 Å². The van der Waals surface area contributed by atoms with Crippen LogP contribution in [0.3, 0.4) is 0 Å². The molecule has 2 atom stereocenters. The Hall–Kier alpha value is -2.24. The lowest BCUT2D eigenvalue weighted by Crippen LogP contribution is -2.41. The van der Waals surface area contributed by atoms with Gasteiger partial charge in [0.25, 0.3) is 0 Å². The van der Waals surface area contributed by atoms with Crippen LogP contribution in [0.1, 0.15) is 12.8 Å². The Morgan fingerprint density at radius 1 is 1.16 bits per heavy atom. The number of carboxylic acids is 1. The van der Waals surface area contributed by atoms with Crippen LogP contribution < -0.4 is 14.8 Å². The molecule has 1 fully saturated rings. The van der Waals surface area contributed by atoms with Crippen LogP contribution in [0.4, 0.5) is 5.69 Å². The number of amides is 1. The van der Waals surface area contributed by atoms with Gasteiger partial charge in [-0.3, -0.25) is 9.59 Å². The van der Waals surface area contributed by atoms with Crippen molar-refractivity contribution < 1.29 is 24.2 Å². The van der Waals surface area contributed by atoms with Gasteiger partial charge in [0.2, 0.25) is 12.7 Å². The van der Waals surface area contributed by atoms with Crippen LogP contribution in [0, 0.1) is 11.8 Å². The summed E-state index contributed by atoms with van der Waals surface area (Å²) in [6.45, 7) is 0.177. The van der Waals surface area contributed by atoms with Crippen molar-refractivity contribution in [3.63, 3.8) is 0 Å². The average Bonchev–Trinajstić information content (AvgIpc) is 2.73. The lowest BCUT2D eigenvalue weighted by Gasteiger charge is -2.31. The van der Waals surface area contributed by atoms with Crippen molar-refractivity contribution in [2.45, 2.75) is 12.8 Å². The van der Waals surface area contributed by atoms with Crippen molar-refractivity contribution in [2.24, 2.45) is 11.8 Å². The molecule has 0 radical (unpaired) electrons. The second-order valence-electron chi connectivity index (χ2n) is 4.69. The summed E-state index contributed by atoms with van der Waals surface area (Å²) in [5.41, 5.74) is 0.588. The maximum absolute atomic E-state index is 12.0. The van der Waals surface area contributed by atoms with E-state index < -0.39 is 17.8 Å². The van der Waals surface area contributed by atoms with E-state index in [9.17, 15) is 9.59 Å². The molecular formula is C13H13NO5. The van der Waals surface area contributed by atoms with E-state index in [4.69, 9.17) is 14.6 Å². The lowest BCUT2D eigenvalue weighted by molar-refractivity contribution is -0.151. The van der Waals surface area contributed by atoms with Gasteiger partial charge in [0.1, 0.15) is 0 Å². The highest BCUT2D eigenvalue weighted by Crippen LogP contribution is 2.37. The fraction of sp³-hybridized carbons (Fsp3) is 0.385. The van der Waals surface area contributed by atoms with Crippen LogP contribution in [-0.2, 0) is 9.59 Å². The number of carboxylic acid groups (broad SMARTS) is 1. The summed E-state index contributed by atoms with van der Waals surface area (Å²) in [7, 11) is 0. The zero-order valence-electron chi connectivity index (χ0n) is 10.1. The van der Waals surface area contributed by atoms with Gasteiger partial charge in [0, 0.05) is 11.8 Å². The lowest BCUT2D eigenvalue weighted by atomic mass is 9.73. The third-order valence-corrected chi connectivity index (χ3v) is 3.57. The molecule has 1 aromatic carbocycles. The van der Waals surface area contributed by atoms with Gasteiger partial charge in [-0.2, -0.15) is 0 Å². The van der Waals surface area contributed by atoms with E-state index in [1.807, 2.05) is 0 Å². The summed E-state index contributed by atoms with van der Waals surface area (Å²) in [4.78, 5) is 22.8. The molecule has 1 aliphatic carbocycles. The van der Waals surface area contributed by atoms with Gasteiger partial charge in [-0.15, -0.1) is 0 Å². The molecule has 2 N–H and O–H groups in total. The van der Waals surface area contributed by atoms with E-state index in [1.165, 1.54) is 0 Å². The third kappa shape index (κ3) is 2.09. The van der Waals surface area contributed by atoms with Crippen molar-refractivity contribution in [1.82, 2.24) is 0 Å². The quantitative estimate of drug-likeness (QED) is 0.862. The van der Waals surface area contributed by atoms with Gasteiger partial charge in [0.05, 0.1) is 11.8 Å². The normalized spacial score (nSPS) is 23.6. The smallest absolute Gasteiger partial charge is 0.307 e. The molecule has 1 amide bonds. The summed E-state index contributed by atoms with van der Waals surface area (Å²) in [5, 5.41) is 11.6. The molecule has 1 aromatic rings. The predicted molar refractivity (Wildman–Crippen MR) is 65.0 cm³/mol. The third-order valence-electron chi connectivity index (χ3n) is 3.57. The topological polar surface area (TPSA) is 84.9 Å². The van der Waals surface area contributed by atoms with Gasteiger partial charge in [-0.25, -0.2) is 0 Å². The second kappa shape index (κ2) is 4.46. The molecule has 19 heavy (non-hydrogen) atoms. The molecule has 0 spiro atoms. The predicted octanol–water partition coefficient (Wildman–Crippen LogP) is 1.46. The molecule has 1 aliphatic heterocycles.